The predicted octanol–water partition coefficient (Wildman–Crippen LogP) is 4.68. The Kier molecular flexibility index (Phi) is 8.18. The van der Waals surface area contributed by atoms with Crippen LogP contribution < -0.4 is 10.5 Å². The Balaban J connectivity index is 2.24. The van der Waals surface area contributed by atoms with E-state index in [-0.39, 0.29) is 17.0 Å². The molecule has 2 saturated heterocycles. The predicted molar refractivity (Wildman–Crippen MR) is 136 cm³/mol. The molecule has 2 fully saturated rings. The van der Waals surface area contributed by atoms with E-state index >= 15 is 0 Å². The van der Waals surface area contributed by atoms with Crippen molar-refractivity contribution in [3.63, 3.8) is 0 Å². The van der Waals surface area contributed by atoms with Crippen molar-refractivity contribution in [2.45, 2.75) is 66.3 Å². The Morgan fingerprint density at radius 1 is 1.25 bits per heavy atom. The van der Waals surface area contributed by atoms with Crippen molar-refractivity contribution >= 4 is 46.1 Å². The molecule has 0 bridgehead atoms. The fraction of sp³-hybridized carbons (Fsp3) is 0.583. The lowest BCUT2D eigenvalue weighted by molar-refractivity contribution is -0.122. The maximum Gasteiger partial charge on any atom is 0.270 e. The summed E-state index contributed by atoms with van der Waals surface area (Å²) in [5.41, 5.74) is 1.36. The van der Waals surface area contributed by atoms with Crippen molar-refractivity contribution in [1.29, 1.82) is 5.26 Å². The first-order valence-corrected chi connectivity index (χ1v) is 12.7. The number of amides is 1. The zero-order valence-electron chi connectivity index (χ0n) is 19.4. The van der Waals surface area contributed by atoms with E-state index in [0.717, 1.165) is 56.6 Å². The summed E-state index contributed by atoms with van der Waals surface area (Å²) in [6.45, 7) is 11.0. The number of hydrogen-bond donors (Lipinski definition) is 0. The quantitative estimate of drug-likeness (QED) is 0.424. The van der Waals surface area contributed by atoms with Crippen molar-refractivity contribution in [1.82, 2.24) is 9.47 Å². The van der Waals surface area contributed by atoms with E-state index in [9.17, 15) is 14.9 Å². The van der Waals surface area contributed by atoms with Crippen LogP contribution in [0.15, 0.2) is 9.70 Å². The van der Waals surface area contributed by atoms with Gasteiger partial charge >= 0.3 is 0 Å². The molecule has 0 radical (unpaired) electrons. The Hall–Kier alpha value is -2.11. The molecule has 2 aliphatic heterocycles. The Morgan fingerprint density at radius 2 is 2.00 bits per heavy atom. The number of nitriles is 1. The van der Waals surface area contributed by atoms with Crippen LogP contribution in [0.5, 0.6) is 0 Å². The van der Waals surface area contributed by atoms with Gasteiger partial charge in [-0.1, -0.05) is 51.2 Å². The molecular weight excluding hydrogens is 440 g/mol. The minimum Gasteiger partial charge on any atom is -0.357 e. The van der Waals surface area contributed by atoms with Gasteiger partial charge in [0.25, 0.3) is 11.5 Å². The van der Waals surface area contributed by atoms with Crippen LogP contribution in [0.25, 0.3) is 6.08 Å². The molecule has 0 aromatic carbocycles. The summed E-state index contributed by atoms with van der Waals surface area (Å²) in [5, 5.41) is 9.79. The Labute approximate surface area is 200 Å². The largest absolute Gasteiger partial charge is 0.357 e. The lowest BCUT2D eigenvalue weighted by Gasteiger charge is -2.36. The number of anilines is 1. The molecule has 1 aromatic rings. The van der Waals surface area contributed by atoms with Gasteiger partial charge in [-0.05, 0) is 50.2 Å². The molecule has 32 heavy (non-hydrogen) atoms. The first kappa shape index (κ1) is 24.5. The van der Waals surface area contributed by atoms with Gasteiger partial charge in [0.2, 0.25) is 0 Å². The van der Waals surface area contributed by atoms with Gasteiger partial charge in [0.15, 0.2) is 0 Å². The van der Waals surface area contributed by atoms with Gasteiger partial charge in [-0.3, -0.25) is 19.1 Å². The zero-order chi connectivity index (χ0) is 23.4. The van der Waals surface area contributed by atoms with Crippen LogP contribution in [-0.4, -0.2) is 39.3 Å². The third-order valence-electron chi connectivity index (χ3n) is 6.13. The Morgan fingerprint density at radius 3 is 2.62 bits per heavy atom. The Bertz CT molecular complexity index is 1040. The highest BCUT2D eigenvalue weighted by Crippen LogP contribution is 2.36. The van der Waals surface area contributed by atoms with Crippen molar-refractivity contribution in [3.8, 4) is 6.07 Å². The molecule has 2 aliphatic rings. The monoisotopic (exact) mass is 472 g/mol. The lowest BCUT2D eigenvalue weighted by Crippen LogP contribution is -2.40. The minimum atomic E-state index is -0.234. The van der Waals surface area contributed by atoms with E-state index < -0.39 is 0 Å². The molecule has 1 unspecified atom stereocenters. The first-order valence-electron chi connectivity index (χ1n) is 11.5. The van der Waals surface area contributed by atoms with E-state index in [1.807, 2.05) is 19.9 Å². The average Bonchev–Trinajstić information content (AvgIpc) is 3.02. The van der Waals surface area contributed by atoms with Crippen LogP contribution in [0.1, 0.15) is 69.6 Å². The molecule has 1 atom stereocenters. The van der Waals surface area contributed by atoms with Crippen LogP contribution in [0.4, 0.5) is 5.82 Å². The second-order valence-electron chi connectivity index (χ2n) is 8.69. The number of piperidine rings is 1. The highest BCUT2D eigenvalue weighted by atomic mass is 32.2. The van der Waals surface area contributed by atoms with E-state index in [4.69, 9.17) is 12.2 Å². The number of nitrogens with zero attached hydrogens (tertiary/aromatic N) is 4. The van der Waals surface area contributed by atoms with Gasteiger partial charge in [-0.2, -0.15) is 5.26 Å². The van der Waals surface area contributed by atoms with Gasteiger partial charge in [0.1, 0.15) is 21.8 Å². The molecular formula is C24H32N4O2S2. The topological polar surface area (TPSA) is 69.3 Å². The minimum absolute atomic E-state index is 0.0935. The molecule has 0 spiro atoms. The highest BCUT2D eigenvalue weighted by Gasteiger charge is 2.33. The van der Waals surface area contributed by atoms with Gasteiger partial charge < -0.3 is 4.90 Å². The van der Waals surface area contributed by atoms with Crippen LogP contribution in [0.3, 0.4) is 0 Å². The fourth-order valence-corrected chi connectivity index (χ4v) is 5.73. The second kappa shape index (κ2) is 10.7. The maximum atomic E-state index is 13.3. The summed E-state index contributed by atoms with van der Waals surface area (Å²) in [4.78, 5) is 30.8. The third kappa shape index (κ3) is 4.79. The molecule has 8 heteroatoms. The van der Waals surface area contributed by atoms with E-state index in [2.05, 4.69) is 24.8 Å². The van der Waals surface area contributed by atoms with Gasteiger partial charge in [0.05, 0.1) is 4.91 Å². The molecule has 1 amide bonds. The van der Waals surface area contributed by atoms with Crippen molar-refractivity contribution in [3.05, 3.63) is 31.9 Å². The van der Waals surface area contributed by atoms with Crippen molar-refractivity contribution in [2.75, 3.05) is 24.5 Å². The molecule has 6 nitrogen and oxygen atoms in total. The van der Waals surface area contributed by atoms with Crippen molar-refractivity contribution in [2.24, 2.45) is 5.92 Å². The number of thioether (sulfide) groups is 1. The van der Waals surface area contributed by atoms with Gasteiger partial charge in [-0.25, -0.2) is 0 Å². The van der Waals surface area contributed by atoms with E-state index in [1.54, 1.807) is 9.47 Å². The number of carbonyl (C=O) groups excluding carboxylic acids is 1. The smallest absolute Gasteiger partial charge is 0.270 e. The molecule has 3 heterocycles. The number of aromatic nitrogens is 1. The normalized spacial score (nSPS) is 20.3. The second-order valence-corrected chi connectivity index (χ2v) is 10.4. The summed E-state index contributed by atoms with van der Waals surface area (Å²) in [6.07, 6.45) is 6.71. The zero-order valence-corrected chi connectivity index (χ0v) is 21.1. The van der Waals surface area contributed by atoms with Gasteiger partial charge in [0, 0.05) is 31.7 Å². The number of thiocarbonyl (C=S) groups is 1. The van der Waals surface area contributed by atoms with E-state index in [0.29, 0.717) is 33.8 Å². The molecule has 3 rings (SSSR count). The fourth-order valence-electron chi connectivity index (χ4n) is 4.44. The summed E-state index contributed by atoms with van der Waals surface area (Å²) >= 11 is 6.75. The van der Waals surface area contributed by atoms with Crippen molar-refractivity contribution < 1.29 is 4.79 Å². The molecule has 1 aromatic heterocycles. The molecule has 0 N–H and O–H groups in total. The number of rotatable bonds is 7. The third-order valence-corrected chi connectivity index (χ3v) is 7.51. The SMILES string of the molecule is CCCCn1c(N2CCCC(C)C2)c(/C=C2\SC(=S)N(CCC)C2=O)c(C)c(C#N)c1=O. The summed E-state index contributed by atoms with van der Waals surface area (Å²) in [6, 6.07) is 2.12. The molecule has 172 valence electrons. The number of hydrogen-bond acceptors (Lipinski definition) is 6. The van der Waals surface area contributed by atoms with Crippen LogP contribution in [0, 0.1) is 24.2 Å². The molecule has 0 aliphatic carbocycles. The van der Waals surface area contributed by atoms with E-state index in [1.165, 1.54) is 11.8 Å². The average molecular weight is 473 g/mol. The summed E-state index contributed by atoms with van der Waals surface area (Å²) in [7, 11) is 0. The standard InChI is InChI=1S/C24H32N4O2S2/c1-5-7-12-27-21(26-11-8-9-16(3)15-26)18(17(4)19(14-25)22(27)29)13-20-23(30)28(10-6-2)24(31)32-20/h13,16H,5-12,15H2,1-4H3/b20-13-. The summed E-state index contributed by atoms with van der Waals surface area (Å²) < 4.78 is 2.33. The number of unbranched alkanes of at least 4 members (excludes halogenated alkanes) is 1. The van der Waals surface area contributed by atoms with Gasteiger partial charge in [-0.15, -0.1) is 0 Å². The number of carbonyl (C=O) groups is 1. The summed E-state index contributed by atoms with van der Waals surface area (Å²) in [5.74, 6) is 1.27. The van der Waals surface area contributed by atoms with Crippen LogP contribution in [0.2, 0.25) is 0 Å². The van der Waals surface area contributed by atoms with Crippen LogP contribution in [-0.2, 0) is 11.3 Å². The lowest BCUT2D eigenvalue weighted by atomic mass is 9.98. The first-order chi connectivity index (χ1) is 15.3. The van der Waals surface area contributed by atoms with Crippen LogP contribution >= 0.6 is 24.0 Å². The maximum absolute atomic E-state index is 13.3. The molecule has 0 saturated carbocycles. The number of pyridine rings is 1. The highest BCUT2D eigenvalue weighted by molar-refractivity contribution is 8.26.